The lowest BCUT2D eigenvalue weighted by Crippen LogP contribution is -1.72. The SMILES string of the molecule is Oc1ccc(C#CCCl)cc1. The number of hydrogen-bond acceptors (Lipinski definition) is 1. The molecule has 1 nitrogen and oxygen atoms in total. The van der Waals surface area contributed by atoms with Gasteiger partial charge in [-0.05, 0) is 24.3 Å². The van der Waals surface area contributed by atoms with Gasteiger partial charge < -0.3 is 5.11 Å². The molecular formula is C9H7ClO. The van der Waals surface area contributed by atoms with Crippen molar-refractivity contribution in [3.63, 3.8) is 0 Å². The summed E-state index contributed by atoms with van der Waals surface area (Å²) in [6, 6.07) is 6.68. The Morgan fingerprint density at radius 2 is 1.91 bits per heavy atom. The molecule has 0 aliphatic rings. The molecule has 0 amide bonds. The largest absolute Gasteiger partial charge is 0.508 e. The first kappa shape index (κ1) is 7.97. The van der Waals surface area contributed by atoms with Gasteiger partial charge in [0.1, 0.15) is 5.75 Å². The van der Waals surface area contributed by atoms with Gasteiger partial charge in [-0.3, -0.25) is 0 Å². The molecule has 0 saturated carbocycles. The van der Waals surface area contributed by atoms with Crippen LogP contribution in [0.2, 0.25) is 0 Å². The highest BCUT2D eigenvalue weighted by molar-refractivity contribution is 6.19. The molecule has 0 aliphatic carbocycles. The van der Waals surface area contributed by atoms with Gasteiger partial charge in [-0.1, -0.05) is 11.8 Å². The zero-order valence-corrected chi connectivity index (χ0v) is 6.60. The lowest BCUT2D eigenvalue weighted by Gasteiger charge is -1.89. The van der Waals surface area contributed by atoms with Gasteiger partial charge >= 0.3 is 0 Å². The predicted octanol–water partition coefficient (Wildman–Crippen LogP) is 1.98. The van der Waals surface area contributed by atoms with E-state index in [0.717, 1.165) is 5.56 Å². The van der Waals surface area contributed by atoms with E-state index in [4.69, 9.17) is 16.7 Å². The molecule has 0 bridgehead atoms. The van der Waals surface area contributed by atoms with E-state index < -0.39 is 0 Å². The quantitative estimate of drug-likeness (QED) is 0.462. The Labute approximate surface area is 70.6 Å². The second kappa shape index (κ2) is 3.90. The highest BCUT2D eigenvalue weighted by atomic mass is 35.5. The van der Waals surface area contributed by atoms with E-state index >= 15 is 0 Å². The van der Waals surface area contributed by atoms with Crippen LogP contribution in [0.25, 0.3) is 0 Å². The molecule has 11 heavy (non-hydrogen) atoms. The molecule has 1 aromatic carbocycles. The van der Waals surface area contributed by atoms with Crippen LogP contribution in [0.5, 0.6) is 5.75 Å². The molecule has 0 saturated heterocycles. The second-order valence-electron chi connectivity index (χ2n) is 1.98. The first-order valence-corrected chi connectivity index (χ1v) is 3.70. The minimum Gasteiger partial charge on any atom is -0.508 e. The minimum atomic E-state index is 0.251. The number of phenolic OH excluding ortho intramolecular Hbond substituents is 1. The lowest BCUT2D eigenvalue weighted by molar-refractivity contribution is 0.475. The van der Waals surface area contributed by atoms with E-state index in [1.54, 1.807) is 24.3 Å². The molecule has 1 rings (SSSR count). The van der Waals surface area contributed by atoms with E-state index in [1.807, 2.05) is 0 Å². The average molecular weight is 167 g/mol. The van der Waals surface area contributed by atoms with Crippen LogP contribution in [-0.4, -0.2) is 11.0 Å². The predicted molar refractivity (Wildman–Crippen MR) is 45.7 cm³/mol. The van der Waals surface area contributed by atoms with Crippen LogP contribution >= 0.6 is 11.6 Å². The number of halogens is 1. The van der Waals surface area contributed by atoms with Crippen LogP contribution < -0.4 is 0 Å². The molecule has 0 aliphatic heterocycles. The van der Waals surface area contributed by atoms with E-state index in [2.05, 4.69) is 11.8 Å². The standard InChI is InChI=1S/C9H7ClO/c10-7-1-2-8-3-5-9(11)6-4-8/h3-6,11H,7H2. The van der Waals surface area contributed by atoms with Crippen molar-refractivity contribution in [3.05, 3.63) is 29.8 Å². The Hall–Kier alpha value is -1.13. The normalized spacial score (nSPS) is 8.45. The maximum Gasteiger partial charge on any atom is 0.115 e. The summed E-state index contributed by atoms with van der Waals surface area (Å²) < 4.78 is 0. The maximum atomic E-state index is 8.91. The summed E-state index contributed by atoms with van der Waals surface area (Å²) >= 11 is 5.36. The average Bonchev–Trinajstić information content (AvgIpc) is 2.04. The summed E-state index contributed by atoms with van der Waals surface area (Å²) in [7, 11) is 0. The van der Waals surface area contributed by atoms with Crippen molar-refractivity contribution in [1.82, 2.24) is 0 Å². The smallest absolute Gasteiger partial charge is 0.115 e. The van der Waals surface area contributed by atoms with Gasteiger partial charge in [-0.2, -0.15) is 0 Å². The highest BCUT2D eigenvalue weighted by Crippen LogP contribution is 2.07. The number of benzene rings is 1. The van der Waals surface area contributed by atoms with Crippen molar-refractivity contribution in [2.45, 2.75) is 0 Å². The highest BCUT2D eigenvalue weighted by Gasteiger charge is 1.85. The number of phenols is 1. The van der Waals surface area contributed by atoms with Crippen LogP contribution in [0.4, 0.5) is 0 Å². The Morgan fingerprint density at radius 1 is 1.27 bits per heavy atom. The Balaban J connectivity index is 2.82. The van der Waals surface area contributed by atoms with Gasteiger partial charge in [0.2, 0.25) is 0 Å². The molecule has 2 heteroatoms. The number of hydrogen-bond donors (Lipinski definition) is 1. The number of rotatable bonds is 0. The summed E-state index contributed by atoms with van der Waals surface area (Å²) in [6.07, 6.45) is 0. The van der Waals surface area contributed by atoms with Gasteiger partial charge in [0.05, 0.1) is 5.88 Å². The zero-order valence-electron chi connectivity index (χ0n) is 5.84. The monoisotopic (exact) mass is 166 g/mol. The minimum absolute atomic E-state index is 0.251. The topological polar surface area (TPSA) is 20.2 Å². The van der Waals surface area contributed by atoms with Crippen molar-refractivity contribution in [3.8, 4) is 17.6 Å². The van der Waals surface area contributed by atoms with Crippen molar-refractivity contribution in [2.75, 3.05) is 5.88 Å². The van der Waals surface area contributed by atoms with Crippen LogP contribution in [-0.2, 0) is 0 Å². The fraction of sp³-hybridized carbons (Fsp3) is 0.111. The zero-order chi connectivity index (χ0) is 8.10. The molecule has 0 radical (unpaired) electrons. The lowest BCUT2D eigenvalue weighted by atomic mass is 10.2. The molecule has 1 aromatic rings. The second-order valence-corrected chi connectivity index (χ2v) is 2.25. The van der Waals surface area contributed by atoms with Gasteiger partial charge in [-0.15, -0.1) is 11.6 Å². The Kier molecular flexibility index (Phi) is 2.83. The van der Waals surface area contributed by atoms with Gasteiger partial charge in [0.15, 0.2) is 0 Å². The molecular weight excluding hydrogens is 160 g/mol. The molecule has 0 atom stereocenters. The van der Waals surface area contributed by atoms with Crippen molar-refractivity contribution in [2.24, 2.45) is 0 Å². The molecule has 0 fully saturated rings. The van der Waals surface area contributed by atoms with Gasteiger partial charge in [-0.25, -0.2) is 0 Å². The van der Waals surface area contributed by atoms with Crippen LogP contribution in [0.3, 0.4) is 0 Å². The van der Waals surface area contributed by atoms with Crippen LogP contribution in [0, 0.1) is 11.8 Å². The third-order valence-electron chi connectivity index (χ3n) is 1.17. The van der Waals surface area contributed by atoms with Crippen molar-refractivity contribution >= 4 is 11.6 Å². The molecule has 56 valence electrons. The third kappa shape index (κ3) is 2.53. The van der Waals surface area contributed by atoms with Gasteiger partial charge in [0, 0.05) is 5.56 Å². The summed E-state index contributed by atoms with van der Waals surface area (Å²) in [5, 5.41) is 8.91. The van der Waals surface area contributed by atoms with E-state index in [1.165, 1.54) is 0 Å². The van der Waals surface area contributed by atoms with E-state index in [-0.39, 0.29) is 5.75 Å². The molecule has 0 heterocycles. The Bertz CT molecular complexity index is 279. The Morgan fingerprint density at radius 3 is 2.45 bits per heavy atom. The summed E-state index contributed by atoms with van der Waals surface area (Å²) in [4.78, 5) is 0. The third-order valence-corrected chi connectivity index (χ3v) is 1.30. The fourth-order valence-electron chi connectivity index (χ4n) is 0.680. The van der Waals surface area contributed by atoms with E-state index in [9.17, 15) is 0 Å². The maximum absolute atomic E-state index is 8.91. The first-order valence-electron chi connectivity index (χ1n) is 3.17. The van der Waals surface area contributed by atoms with Crippen LogP contribution in [0.1, 0.15) is 5.56 Å². The molecule has 0 unspecified atom stereocenters. The number of aromatic hydroxyl groups is 1. The van der Waals surface area contributed by atoms with Crippen molar-refractivity contribution in [1.29, 1.82) is 0 Å². The van der Waals surface area contributed by atoms with Gasteiger partial charge in [0.25, 0.3) is 0 Å². The van der Waals surface area contributed by atoms with Crippen LogP contribution in [0.15, 0.2) is 24.3 Å². The van der Waals surface area contributed by atoms with Crippen molar-refractivity contribution < 1.29 is 5.11 Å². The summed E-state index contributed by atoms with van der Waals surface area (Å²) in [6.45, 7) is 0. The number of alkyl halides is 1. The fourth-order valence-corrected chi connectivity index (χ4v) is 0.747. The van der Waals surface area contributed by atoms with E-state index in [0.29, 0.717) is 5.88 Å². The molecule has 0 spiro atoms. The summed E-state index contributed by atoms with van der Waals surface area (Å²) in [5.74, 6) is 6.13. The summed E-state index contributed by atoms with van der Waals surface area (Å²) in [5.41, 5.74) is 0.864. The molecule has 0 aromatic heterocycles. The molecule has 1 N–H and O–H groups in total. The first-order chi connectivity index (χ1) is 5.33.